The van der Waals surface area contributed by atoms with Crippen molar-refractivity contribution in [1.29, 1.82) is 0 Å². The lowest BCUT2D eigenvalue weighted by atomic mass is 9.74. The lowest BCUT2D eigenvalue weighted by molar-refractivity contribution is 0.673. The summed E-state index contributed by atoms with van der Waals surface area (Å²) in [7, 11) is 0. The molecule has 0 fully saturated rings. The van der Waals surface area contributed by atoms with Gasteiger partial charge in [0.15, 0.2) is 0 Å². The SMILES string of the molecule is CC1(c2ccccc2)c2ccccc2-c2ccc(N(c3ccc(-c4ccccc4)cc3)c3ccccc3-c3cccc4oc5c6ccccc6ccc5c34)cc21. The Hall–Kier alpha value is -7.16. The number of hydrogen-bond donors (Lipinski definition) is 0. The molecule has 11 rings (SSSR count). The average molecular weight is 716 g/mol. The number of rotatable bonds is 6. The van der Waals surface area contributed by atoms with Gasteiger partial charge >= 0.3 is 0 Å². The molecule has 1 heterocycles. The van der Waals surface area contributed by atoms with Gasteiger partial charge < -0.3 is 9.32 Å². The zero-order valence-corrected chi connectivity index (χ0v) is 31.0. The molecular weight excluding hydrogens is 679 g/mol. The molecule has 2 nitrogen and oxygen atoms in total. The molecule has 1 unspecified atom stereocenters. The predicted octanol–water partition coefficient (Wildman–Crippen LogP) is 14.9. The van der Waals surface area contributed by atoms with Gasteiger partial charge in [-0.3, -0.25) is 0 Å². The summed E-state index contributed by atoms with van der Waals surface area (Å²) in [6, 6.07) is 74.7. The number of benzene rings is 9. The fraction of sp³-hybridized carbons (Fsp3) is 0.0370. The van der Waals surface area contributed by atoms with Gasteiger partial charge in [-0.1, -0.05) is 164 Å². The van der Waals surface area contributed by atoms with E-state index in [1.807, 2.05) is 0 Å². The summed E-state index contributed by atoms with van der Waals surface area (Å²) in [6.45, 7) is 2.39. The Morgan fingerprint density at radius 1 is 0.429 bits per heavy atom. The number of para-hydroxylation sites is 1. The molecule has 0 aliphatic heterocycles. The van der Waals surface area contributed by atoms with Crippen LogP contribution in [0.2, 0.25) is 0 Å². The first-order valence-corrected chi connectivity index (χ1v) is 19.3. The quantitative estimate of drug-likeness (QED) is 0.170. The molecule has 10 aromatic rings. The second kappa shape index (κ2) is 12.7. The Labute approximate surface area is 326 Å². The van der Waals surface area contributed by atoms with Gasteiger partial charge in [0.2, 0.25) is 0 Å². The van der Waals surface area contributed by atoms with Gasteiger partial charge in [0, 0.05) is 38.5 Å². The number of anilines is 3. The van der Waals surface area contributed by atoms with Gasteiger partial charge in [-0.05, 0) is 99.3 Å². The predicted molar refractivity (Wildman–Crippen MR) is 234 cm³/mol. The third-order valence-electron chi connectivity index (χ3n) is 12.0. The Balaban J connectivity index is 1.15. The Bertz CT molecular complexity index is 3090. The van der Waals surface area contributed by atoms with Crippen molar-refractivity contribution in [3.05, 3.63) is 223 Å². The molecule has 1 aliphatic carbocycles. The van der Waals surface area contributed by atoms with Crippen LogP contribution >= 0.6 is 0 Å². The van der Waals surface area contributed by atoms with E-state index in [-0.39, 0.29) is 5.41 Å². The van der Waals surface area contributed by atoms with E-state index in [2.05, 4.69) is 218 Å². The zero-order valence-electron chi connectivity index (χ0n) is 31.0. The summed E-state index contributed by atoms with van der Waals surface area (Å²) >= 11 is 0. The van der Waals surface area contributed by atoms with E-state index in [9.17, 15) is 0 Å². The van der Waals surface area contributed by atoms with E-state index < -0.39 is 0 Å². The van der Waals surface area contributed by atoms with E-state index in [4.69, 9.17) is 4.42 Å². The van der Waals surface area contributed by atoms with Gasteiger partial charge in [-0.25, -0.2) is 0 Å². The van der Waals surface area contributed by atoms with E-state index in [1.54, 1.807) is 0 Å². The minimum absolute atomic E-state index is 0.324. The van der Waals surface area contributed by atoms with Gasteiger partial charge in [-0.2, -0.15) is 0 Å². The average Bonchev–Trinajstić information content (AvgIpc) is 3.79. The molecule has 0 bridgehead atoms. The molecule has 0 N–H and O–H groups in total. The molecule has 9 aromatic carbocycles. The molecule has 1 aromatic heterocycles. The Morgan fingerprint density at radius 3 is 1.91 bits per heavy atom. The largest absolute Gasteiger partial charge is 0.455 e. The Kier molecular flexibility index (Phi) is 7.33. The molecule has 56 heavy (non-hydrogen) atoms. The topological polar surface area (TPSA) is 16.4 Å². The van der Waals surface area contributed by atoms with E-state index in [0.717, 1.165) is 55.5 Å². The van der Waals surface area contributed by atoms with Crippen molar-refractivity contribution in [2.24, 2.45) is 0 Å². The first-order chi connectivity index (χ1) is 27.7. The van der Waals surface area contributed by atoms with Crippen molar-refractivity contribution in [2.75, 3.05) is 4.90 Å². The third kappa shape index (κ3) is 4.89. The van der Waals surface area contributed by atoms with Crippen LogP contribution in [0.25, 0.3) is 66.1 Å². The summed E-state index contributed by atoms with van der Waals surface area (Å²) in [4.78, 5) is 2.44. The maximum atomic E-state index is 6.69. The van der Waals surface area contributed by atoms with Crippen LogP contribution in [0.1, 0.15) is 23.6 Å². The zero-order chi connectivity index (χ0) is 37.2. The summed E-state index contributed by atoms with van der Waals surface area (Å²) in [5, 5.41) is 4.55. The molecule has 0 radical (unpaired) electrons. The van der Waals surface area contributed by atoms with Gasteiger partial charge in [0.25, 0.3) is 0 Å². The minimum atomic E-state index is -0.324. The number of fused-ring (bicyclic) bond motifs is 8. The van der Waals surface area contributed by atoms with Gasteiger partial charge in [0.1, 0.15) is 11.2 Å². The molecule has 1 aliphatic rings. The number of hydrogen-bond acceptors (Lipinski definition) is 2. The first kappa shape index (κ1) is 32.3. The van der Waals surface area contributed by atoms with Crippen molar-refractivity contribution in [1.82, 2.24) is 0 Å². The second-order valence-electron chi connectivity index (χ2n) is 15.0. The minimum Gasteiger partial charge on any atom is -0.455 e. The van der Waals surface area contributed by atoms with Crippen molar-refractivity contribution in [2.45, 2.75) is 12.3 Å². The van der Waals surface area contributed by atoms with Crippen molar-refractivity contribution in [3.63, 3.8) is 0 Å². The molecule has 0 saturated carbocycles. The van der Waals surface area contributed by atoms with E-state index >= 15 is 0 Å². The number of nitrogens with zero attached hydrogens (tertiary/aromatic N) is 1. The standard InChI is InChI=1S/C54H37NO/c1-54(39-18-6-3-7-19-39)48-24-12-10-21-43(48)44-34-32-41(35-49(44)54)55(40-30-27-37(28-31-40)36-15-4-2-5-16-36)50-25-13-11-22-45(50)46-23-14-26-51-52(46)47-33-29-38-17-8-9-20-42(38)53(47)56-51/h2-35H,1H3. The highest BCUT2D eigenvalue weighted by Crippen LogP contribution is 2.54. The molecule has 264 valence electrons. The highest BCUT2D eigenvalue weighted by molar-refractivity contribution is 6.19. The monoisotopic (exact) mass is 715 g/mol. The summed E-state index contributed by atoms with van der Waals surface area (Å²) < 4.78 is 6.69. The smallest absolute Gasteiger partial charge is 0.143 e. The maximum Gasteiger partial charge on any atom is 0.143 e. The number of furan rings is 1. The van der Waals surface area contributed by atoms with Crippen molar-refractivity contribution < 1.29 is 4.42 Å². The fourth-order valence-corrected chi connectivity index (χ4v) is 9.24. The second-order valence-corrected chi connectivity index (χ2v) is 15.0. The van der Waals surface area contributed by atoms with Crippen LogP contribution < -0.4 is 4.90 Å². The van der Waals surface area contributed by atoms with Crippen LogP contribution in [0.15, 0.2) is 211 Å². The normalized spacial score (nSPS) is 14.6. The van der Waals surface area contributed by atoms with Crippen molar-refractivity contribution >= 4 is 49.8 Å². The van der Waals surface area contributed by atoms with Crippen LogP contribution in [-0.2, 0) is 5.41 Å². The molecule has 1 atom stereocenters. The summed E-state index contributed by atoms with van der Waals surface area (Å²) in [6.07, 6.45) is 0. The first-order valence-electron chi connectivity index (χ1n) is 19.3. The highest BCUT2D eigenvalue weighted by atomic mass is 16.3. The molecule has 2 heteroatoms. The van der Waals surface area contributed by atoms with E-state index in [0.29, 0.717) is 0 Å². The fourth-order valence-electron chi connectivity index (χ4n) is 9.24. The van der Waals surface area contributed by atoms with Crippen LogP contribution in [0.4, 0.5) is 17.1 Å². The van der Waals surface area contributed by atoms with Crippen LogP contribution in [0.3, 0.4) is 0 Å². The Morgan fingerprint density at radius 2 is 1.07 bits per heavy atom. The highest BCUT2D eigenvalue weighted by Gasteiger charge is 2.41. The van der Waals surface area contributed by atoms with E-state index in [1.165, 1.54) is 44.3 Å². The molecule has 0 spiro atoms. The van der Waals surface area contributed by atoms with Crippen LogP contribution in [-0.4, -0.2) is 0 Å². The lowest BCUT2D eigenvalue weighted by Crippen LogP contribution is -2.22. The third-order valence-corrected chi connectivity index (χ3v) is 12.0. The van der Waals surface area contributed by atoms with Gasteiger partial charge in [0.05, 0.1) is 5.69 Å². The van der Waals surface area contributed by atoms with Gasteiger partial charge in [-0.15, -0.1) is 0 Å². The molecular formula is C54H37NO. The molecule has 0 amide bonds. The summed E-state index contributed by atoms with van der Waals surface area (Å²) in [5.74, 6) is 0. The maximum absolute atomic E-state index is 6.69. The van der Waals surface area contributed by atoms with Crippen LogP contribution in [0.5, 0.6) is 0 Å². The van der Waals surface area contributed by atoms with Crippen LogP contribution in [0, 0.1) is 0 Å². The lowest BCUT2D eigenvalue weighted by Gasteiger charge is -2.31. The molecule has 0 saturated heterocycles. The van der Waals surface area contributed by atoms with Crippen molar-refractivity contribution in [3.8, 4) is 33.4 Å². The summed E-state index contributed by atoms with van der Waals surface area (Å²) in [5.41, 5.74) is 15.9.